The Morgan fingerprint density at radius 1 is 1.23 bits per heavy atom. The van der Waals surface area contributed by atoms with E-state index in [-0.39, 0.29) is 0 Å². The lowest BCUT2D eigenvalue weighted by atomic mass is 10.0. The molecule has 4 heterocycles. The average molecular weight is 303 g/mol. The van der Waals surface area contributed by atoms with E-state index in [1.165, 1.54) is 0 Å². The fraction of sp³-hybridized carbons (Fsp3) is 0.667. The Morgan fingerprint density at radius 2 is 2.14 bits per heavy atom. The lowest BCUT2D eigenvalue weighted by molar-refractivity contribution is 0.0778. The molecule has 22 heavy (non-hydrogen) atoms. The van der Waals surface area contributed by atoms with Crippen molar-refractivity contribution in [3.8, 4) is 0 Å². The van der Waals surface area contributed by atoms with Crippen molar-refractivity contribution in [1.82, 2.24) is 24.8 Å². The number of rotatable bonds is 4. The molecule has 0 amide bonds. The maximum Gasteiger partial charge on any atom is 0.229 e. The Hall–Kier alpha value is -1.73. The highest BCUT2D eigenvalue weighted by Gasteiger charge is 2.26. The van der Waals surface area contributed by atoms with Gasteiger partial charge >= 0.3 is 0 Å². The molecule has 2 aliphatic heterocycles. The van der Waals surface area contributed by atoms with E-state index in [0.717, 1.165) is 63.8 Å². The molecule has 0 radical (unpaired) electrons. The summed E-state index contributed by atoms with van der Waals surface area (Å²) in [7, 11) is 0. The fourth-order valence-electron chi connectivity index (χ4n) is 3.31. The summed E-state index contributed by atoms with van der Waals surface area (Å²) in [4.78, 5) is 6.95. The lowest BCUT2D eigenvalue weighted by Crippen LogP contribution is -2.22. The summed E-state index contributed by atoms with van der Waals surface area (Å²) in [6, 6.07) is 2.43. The second-order valence-corrected chi connectivity index (χ2v) is 6.10. The van der Waals surface area contributed by atoms with E-state index in [0.29, 0.717) is 12.0 Å². The van der Waals surface area contributed by atoms with Gasteiger partial charge in [0.25, 0.3) is 0 Å². The summed E-state index contributed by atoms with van der Waals surface area (Å²) in [6.07, 6.45) is 6.94. The summed E-state index contributed by atoms with van der Waals surface area (Å²) >= 11 is 0. The van der Waals surface area contributed by atoms with Crippen molar-refractivity contribution in [2.24, 2.45) is 0 Å². The van der Waals surface area contributed by atoms with Gasteiger partial charge in [0.1, 0.15) is 0 Å². The molecule has 2 aromatic rings. The zero-order valence-corrected chi connectivity index (χ0v) is 12.6. The molecule has 0 aromatic carbocycles. The molecule has 2 fully saturated rings. The fourth-order valence-corrected chi connectivity index (χ4v) is 3.31. The SMILES string of the molecule is c1cnn(C2CCN(Cc3noc(C4CCOCC4)n3)C2)c1. The Labute approximate surface area is 129 Å². The normalized spacial score (nSPS) is 24.1. The van der Waals surface area contributed by atoms with Crippen molar-refractivity contribution in [2.75, 3.05) is 26.3 Å². The van der Waals surface area contributed by atoms with Gasteiger partial charge in [0, 0.05) is 44.6 Å². The molecule has 0 spiro atoms. The highest BCUT2D eigenvalue weighted by molar-refractivity contribution is 4.96. The van der Waals surface area contributed by atoms with Gasteiger partial charge in [-0.1, -0.05) is 5.16 Å². The van der Waals surface area contributed by atoms with Gasteiger partial charge in [-0.15, -0.1) is 0 Å². The summed E-state index contributed by atoms with van der Waals surface area (Å²) in [5, 5.41) is 8.49. The molecule has 118 valence electrons. The summed E-state index contributed by atoms with van der Waals surface area (Å²) in [6.45, 7) is 4.37. The van der Waals surface area contributed by atoms with Gasteiger partial charge < -0.3 is 9.26 Å². The minimum atomic E-state index is 0.366. The van der Waals surface area contributed by atoms with Gasteiger partial charge in [0.15, 0.2) is 5.82 Å². The van der Waals surface area contributed by atoms with Gasteiger partial charge in [-0.05, 0) is 25.3 Å². The van der Waals surface area contributed by atoms with E-state index in [9.17, 15) is 0 Å². The minimum absolute atomic E-state index is 0.366. The summed E-state index contributed by atoms with van der Waals surface area (Å²) in [5.41, 5.74) is 0. The monoisotopic (exact) mass is 303 g/mol. The summed E-state index contributed by atoms with van der Waals surface area (Å²) < 4.78 is 12.9. The number of nitrogens with zero attached hydrogens (tertiary/aromatic N) is 5. The molecule has 0 saturated carbocycles. The van der Waals surface area contributed by atoms with Crippen molar-refractivity contribution in [2.45, 2.75) is 37.8 Å². The predicted molar refractivity (Wildman–Crippen MR) is 78.3 cm³/mol. The van der Waals surface area contributed by atoms with Crippen molar-refractivity contribution in [3.05, 3.63) is 30.2 Å². The molecule has 0 bridgehead atoms. The highest BCUT2D eigenvalue weighted by atomic mass is 16.5. The third-order valence-electron chi connectivity index (χ3n) is 4.57. The molecule has 7 nitrogen and oxygen atoms in total. The topological polar surface area (TPSA) is 69.2 Å². The van der Waals surface area contributed by atoms with Crippen molar-refractivity contribution < 1.29 is 9.26 Å². The number of ether oxygens (including phenoxy) is 1. The second-order valence-electron chi connectivity index (χ2n) is 6.10. The van der Waals surface area contributed by atoms with E-state index in [2.05, 4.69) is 20.1 Å². The highest BCUT2D eigenvalue weighted by Crippen LogP contribution is 2.26. The number of hydrogen-bond acceptors (Lipinski definition) is 6. The van der Waals surface area contributed by atoms with Crippen LogP contribution in [0.2, 0.25) is 0 Å². The Balaban J connectivity index is 1.35. The van der Waals surface area contributed by atoms with Crippen LogP contribution in [0.15, 0.2) is 23.0 Å². The Morgan fingerprint density at radius 3 is 2.95 bits per heavy atom. The van der Waals surface area contributed by atoms with Crippen LogP contribution >= 0.6 is 0 Å². The van der Waals surface area contributed by atoms with Crippen molar-refractivity contribution in [3.63, 3.8) is 0 Å². The largest absolute Gasteiger partial charge is 0.381 e. The van der Waals surface area contributed by atoms with Gasteiger partial charge in [-0.3, -0.25) is 9.58 Å². The van der Waals surface area contributed by atoms with E-state index < -0.39 is 0 Å². The number of hydrogen-bond donors (Lipinski definition) is 0. The van der Waals surface area contributed by atoms with E-state index in [4.69, 9.17) is 9.26 Å². The van der Waals surface area contributed by atoms with Gasteiger partial charge in [0.2, 0.25) is 5.89 Å². The molecular formula is C15H21N5O2. The number of aromatic nitrogens is 4. The Kier molecular flexibility index (Phi) is 3.90. The zero-order valence-electron chi connectivity index (χ0n) is 12.6. The van der Waals surface area contributed by atoms with Crippen LogP contribution < -0.4 is 0 Å². The quantitative estimate of drug-likeness (QED) is 0.854. The van der Waals surface area contributed by atoms with E-state index in [1.54, 1.807) is 0 Å². The second kappa shape index (κ2) is 6.18. The molecule has 0 aliphatic carbocycles. The first-order chi connectivity index (χ1) is 10.9. The number of likely N-dealkylation sites (tertiary alicyclic amines) is 1. The van der Waals surface area contributed by atoms with Gasteiger partial charge in [0.05, 0.1) is 12.6 Å². The standard InChI is InChI=1S/C15H21N5O2/c1-5-16-20(6-1)13-2-7-19(10-13)11-14-17-15(22-18-14)12-3-8-21-9-4-12/h1,5-6,12-13H,2-4,7-11H2. The van der Waals surface area contributed by atoms with Crippen molar-refractivity contribution in [1.29, 1.82) is 0 Å². The van der Waals surface area contributed by atoms with Crippen molar-refractivity contribution >= 4 is 0 Å². The van der Waals surface area contributed by atoms with E-state index in [1.807, 2.05) is 23.1 Å². The molecule has 0 N–H and O–H groups in total. The average Bonchev–Trinajstić information content (AvgIpc) is 3.30. The van der Waals surface area contributed by atoms with Gasteiger partial charge in [-0.2, -0.15) is 10.1 Å². The van der Waals surface area contributed by atoms with Gasteiger partial charge in [-0.25, -0.2) is 0 Å². The maximum atomic E-state index is 5.45. The summed E-state index contributed by atoms with van der Waals surface area (Å²) in [5.74, 6) is 1.94. The van der Waals surface area contributed by atoms with Crippen LogP contribution in [0.25, 0.3) is 0 Å². The molecule has 7 heteroatoms. The first-order valence-electron chi connectivity index (χ1n) is 8.00. The van der Waals surface area contributed by atoms with Crippen LogP contribution in [0.1, 0.15) is 42.9 Å². The molecule has 4 rings (SSSR count). The first-order valence-corrected chi connectivity index (χ1v) is 8.00. The van der Waals surface area contributed by atoms with Crippen LogP contribution in [0.5, 0.6) is 0 Å². The minimum Gasteiger partial charge on any atom is -0.381 e. The molecule has 2 saturated heterocycles. The van der Waals surface area contributed by atoms with E-state index >= 15 is 0 Å². The maximum absolute atomic E-state index is 5.45. The molecule has 1 atom stereocenters. The van der Waals surface area contributed by atoms with Crippen LogP contribution in [-0.2, 0) is 11.3 Å². The zero-order chi connectivity index (χ0) is 14.8. The van der Waals surface area contributed by atoms with Crippen LogP contribution in [0.4, 0.5) is 0 Å². The molecule has 2 aromatic heterocycles. The third-order valence-corrected chi connectivity index (χ3v) is 4.57. The first kappa shape index (κ1) is 13.9. The smallest absolute Gasteiger partial charge is 0.229 e. The van der Waals surface area contributed by atoms with Crippen LogP contribution in [0.3, 0.4) is 0 Å². The van der Waals surface area contributed by atoms with Crippen LogP contribution in [-0.4, -0.2) is 51.1 Å². The molecular weight excluding hydrogens is 282 g/mol. The predicted octanol–water partition coefficient (Wildman–Crippen LogP) is 1.61. The molecule has 2 aliphatic rings. The Bertz CT molecular complexity index is 591. The molecule has 1 unspecified atom stereocenters. The lowest BCUT2D eigenvalue weighted by Gasteiger charge is -2.18. The van der Waals surface area contributed by atoms with Crippen LogP contribution in [0, 0.1) is 0 Å². The third kappa shape index (κ3) is 2.91.